The fraction of sp³-hybridized carbons (Fsp3) is 0.708. The number of carbonyl (C=O) groups excluding carboxylic acids is 1. The van der Waals surface area contributed by atoms with Gasteiger partial charge in [0.05, 0.1) is 19.8 Å². The monoisotopic (exact) mass is 431 g/mol. The Bertz CT molecular complexity index is 717. The van der Waals surface area contributed by atoms with E-state index in [2.05, 4.69) is 22.0 Å². The summed E-state index contributed by atoms with van der Waals surface area (Å²) in [7, 11) is 0. The predicted octanol–water partition coefficient (Wildman–Crippen LogP) is 2.30. The molecule has 2 heterocycles. The fourth-order valence-electron chi connectivity index (χ4n) is 5.12. The third-order valence-electron chi connectivity index (χ3n) is 6.92. The number of carbonyl (C=O) groups is 1. The minimum atomic E-state index is -0.0688. The lowest BCUT2D eigenvalue weighted by Gasteiger charge is -2.48. The van der Waals surface area contributed by atoms with E-state index in [1.807, 2.05) is 24.3 Å². The average molecular weight is 432 g/mol. The van der Waals surface area contributed by atoms with Gasteiger partial charge in [0, 0.05) is 31.7 Å². The summed E-state index contributed by atoms with van der Waals surface area (Å²) in [5.41, 5.74) is 0.0960. The van der Waals surface area contributed by atoms with Crippen LogP contribution in [0, 0.1) is 0 Å². The lowest BCUT2D eigenvalue weighted by atomic mass is 9.79. The zero-order valence-electron chi connectivity index (χ0n) is 18.8. The molecular weight excluding hydrogens is 394 g/mol. The van der Waals surface area contributed by atoms with Crippen molar-refractivity contribution in [2.24, 2.45) is 0 Å². The largest absolute Gasteiger partial charge is 0.486 e. The first-order valence-corrected chi connectivity index (χ1v) is 11.9. The lowest BCUT2D eigenvalue weighted by molar-refractivity contribution is -0.123. The second kappa shape index (κ2) is 10.7. The molecule has 1 aromatic carbocycles. The highest BCUT2D eigenvalue weighted by molar-refractivity contribution is 5.78. The number of hydrogen-bond donors (Lipinski definition) is 1. The van der Waals surface area contributed by atoms with Crippen molar-refractivity contribution in [1.82, 2.24) is 15.1 Å². The summed E-state index contributed by atoms with van der Waals surface area (Å²) in [4.78, 5) is 17.6. The molecule has 0 aromatic heterocycles. The van der Waals surface area contributed by atoms with Crippen molar-refractivity contribution in [3.8, 4) is 11.5 Å². The van der Waals surface area contributed by atoms with E-state index < -0.39 is 0 Å². The van der Waals surface area contributed by atoms with Gasteiger partial charge in [-0.3, -0.25) is 14.6 Å². The number of nitrogens with zero attached hydrogens (tertiary/aromatic N) is 2. The maximum atomic E-state index is 12.9. The Morgan fingerprint density at radius 1 is 1.16 bits per heavy atom. The van der Waals surface area contributed by atoms with Crippen LogP contribution in [0.2, 0.25) is 0 Å². The molecule has 2 fully saturated rings. The Balaban J connectivity index is 1.28. The molecule has 1 amide bonds. The molecule has 1 aromatic rings. The second-order valence-electron chi connectivity index (χ2n) is 8.99. The van der Waals surface area contributed by atoms with E-state index >= 15 is 0 Å². The first-order chi connectivity index (χ1) is 15.2. The number of benzene rings is 1. The molecule has 7 nitrogen and oxygen atoms in total. The minimum absolute atomic E-state index is 0.0688. The molecule has 0 radical (unpaired) electrons. The zero-order valence-corrected chi connectivity index (χ0v) is 18.8. The van der Waals surface area contributed by atoms with Crippen LogP contribution in [0.4, 0.5) is 0 Å². The topological polar surface area (TPSA) is 63.3 Å². The van der Waals surface area contributed by atoms with Crippen LogP contribution < -0.4 is 14.8 Å². The Morgan fingerprint density at radius 3 is 2.65 bits per heavy atom. The van der Waals surface area contributed by atoms with Crippen LogP contribution in [0.15, 0.2) is 24.3 Å². The van der Waals surface area contributed by atoms with Crippen molar-refractivity contribution in [3.63, 3.8) is 0 Å². The molecule has 1 N–H and O–H groups in total. The zero-order chi connectivity index (χ0) is 21.5. The number of ether oxygens (including phenoxy) is 3. The smallest absolute Gasteiger partial charge is 0.234 e. The second-order valence-corrected chi connectivity index (χ2v) is 8.99. The number of fused-ring (bicyclic) bond motifs is 1. The third kappa shape index (κ3) is 5.70. The summed E-state index contributed by atoms with van der Waals surface area (Å²) in [6, 6.07) is 7.75. The summed E-state index contributed by atoms with van der Waals surface area (Å²) in [6.07, 6.45) is 6.05. The van der Waals surface area contributed by atoms with Gasteiger partial charge in [0.2, 0.25) is 5.91 Å². The molecule has 1 saturated heterocycles. The molecule has 172 valence electrons. The van der Waals surface area contributed by atoms with Crippen molar-refractivity contribution in [2.45, 2.75) is 50.7 Å². The number of para-hydroxylation sites is 2. The van der Waals surface area contributed by atoms with Crippen molar-refractivity contribution >= 4 is 5.91 Å². The van der Waals surface area contributed by atoms with Gasteiger partial charge < -0.3 is 19.5 Å². The average Bonchev–Trinajstić information content (AvgIpc) is 2.83. The van der Waals surface area contributed by atoms with Crippen molar-refractivity contribution in [1.29, 1.82) is 0 Å². The highest BCUT2D eigenvalue weighted by Gasteiger charge is 2.38. The molecule has 0 unspecified atom stereocenters. The maximum absolute atomic E-state index is 12.9. The normalized spacial score (nSPS) is 23.5. The quantitative estimate of drug-likeness (QED) is 0.682. The number of hydrogen-bond acceptors (Lipinski definition) is 6. The van der Waals surface area contributed by atoms with E-state index in [1.54, 1.807) is 0 Å². The Kier molecular flexibility index (Phi) is 7.69. The van der Waals surface area contributed by atoms with Crippen molar-refractivity contribution in [2.75, 3.05) is 59.1 Å². The van der Waals surface area contributed by atoms with E-state index in [9.17, 15) is 4.79 Å². The standard InChI is InChI=1S/C24H37N3O4/c1-2-26(16-20-18-30-21-8-4-5-9-22(21)31-20)17-23(28)25-19-24(10-6-3-7-11-24)27-12-14-29-15-13-27/h4-5,8-9,20H,2-3,6-7,10-19H2,1H3,(H,25,28)/t20-/m0/s1. The summed E-state index contributed by atoms with van der Waals surface area (Å²) < 4.78 is 17.5. The maximum Gasteiger partial charge on any atom is 0.234 e. The van der Waals surface area contributed by atoms with Gasteiger partial charge in [0.15, 0.2) is 11.5 Å². The molecule has 2 aliphatic heterocycles. The van der Waals surface area contributed by atoms with Gasteiger partial charge in [-0.1, -0.05) is 38.3 Å². The summed E-state index contributed by atoms with van der Waals surface area (Å²) in [6.45, 7) is 8.72. The van der Waals surface area contributed by atoms with Gasteiger partial charge >= 0.3 is 0 Å². The lowest BCUT2D eigenvalue weighted by Crippen LogP contribution is -2.60. The number of likely N-dealkylation sites (N-methyl/N-ethyl adjacent to an activating group) is 1. The number of amides is 1. The summed E-state index contributed by atoms with van der Waals surface area (Å²) >= 11 is 0. The van der Waals surface area contributed by atoms with E-state index in [0.717, 1.165) is 63.7 Å². The number of morpholine rings is 1. The first-order valence-electron chi connectivity index (χ1n) is 11.9. The summed E-state index contributed by atoms with van der Waals surface area (Å²) in [5, 5.41) is 3.27. The van der Waals surface area contributed by atoms with Gasteiger partial charge in [0.1, 0.15) is 12.7 Å². The van der Waals surface area contributed by atoms with Crippen LogP contribution in [0.1, 0.15) is 39.0 Å². The Morgan fingerprint density at radius 2 is 1.90 bits per heavy atom. The SMILES string of the molecule is CCN(CC(=O)NCC1(N2CCOCC2)CCCCC1)C[C@H]1COc2ccccc2O1. The van der Waals surface area contributed by atoms with E-state index in [1.165, 1.54) is 19.3 Å². The predicted molar refractivity (Wildman–Crippen MR) is 120 cm³/mol. The van der Waals surface area contributed by atoms with Gasteiger partial charge in [-0.15, -0.1) is 0 Å². The summed E-state index contributed by atoms with van der Waals surface area (Å²) in [5.74, 6) is 1.67. The van der Waals surface area contributed by atoms with Crippen molar-refractivity contribution < 1.29 is 19.0 Å². The van der Waals surface area contributed by atoms with Gasteiger partial charge in [0.25, 0.3) is 0 Å². The van der Waals surface area contributed by atoms with Crippen LogP contribution in [0.5, 0.6) is 11.5 Å². The van der Waals surface area contributed by atoms with Gasteiger partial charge in [-0.05, 0) is 31.5 Å². The molecule has 1 atom stereocenters. The highest BCUT2D eigenvalue weighted by Crippen LogP contribution is 2.34. The molecule has 31 heavy (non-hydrogen) atoms. The van der Waals surface area contributed by atoms with E-state index in [4.69, 9.17) is 14.2 Å². The minimum Gasteiger partial charge on any atom is -0.486 e. The van der Waals surface area contributed by atoms with Crippen LogP contribution >= 0.6 is 0 Å². The van der Waals surface area contributed by atoms with E-state index in [0.29, 0.717) is 19.7 Å². The van der Waals surface area contributed by atoms with Crippen LogP contribution in [0.3, 0.4) is 0 Å². The van der Waals surface area contributed by atoms with Crippen LogP contribution in [0.25, 0.3) is 0 Å². The molecule has 4 rings (SSSR count). The molecule has 7 heteroatoms. The van der Waals surface area contributed by atoms with Crippen LogP contribution in [-0.2, 0) is 9.53 Å². The number of rotatable bonds is 8. The first kappa shape index (κ1) is 22.4. The van der Waals surface area contributed by atoms with Crippen molar-refractivity contribution in [3.05, 3.63) is 24.3 Å². The van der Waals surface area contributed by atoms with Gasteiger partial charge in [-0.2, -0.15) is 0 Å². The highest BCUT2D eigenvalue weighted by atomic mass is 16.6. The Labute approximate surface area is 186 Å². The molecule has 0 spiro atoms. The van der Waals surface area contributed by atoms with Gasteiger partial charge in [-0.25, -0.2) is 0 Å². The Hall–Kier alpha value is -1.83. The van der Waals surface area contributed by atoms with Crippen LogP contribution in [-0.4, -0.2) is 86.4 Å². The molecular formula is C24H37N3O4. The third-order valence-corrected chi connectivity index (χ3v) is 6.92. The molecule has 1 saturated carbocycles. The fourth-order valence-corrected chi connectivity index (χ4v) is 5.12. The molecule has 0 bridgehead atoms. The van der Waals surface area contributed by atoms with E-state index in [-0.39, 0.29) is 17.6 Å². The molecule has 1 aliphatic carbocycles. The number of nitrogens with one attached hydrogen (secondary N) is 1. The molecule has 3 aliphatic rings.